The summed E-state index contributed by atoms with van der Waals surface area (Å²) in [4.78, 5) is 3.91. The second kappa shape index (κ2) is 5.81. The molecule has 1 aliphatic rings. The van der Waals surface area contributed by atoms with Crippen molar-refractivity contribution in [3.05, 3.63) is 12.5 Å². The Bertz CT molecular complexity index is 477. The highest BCUT2D eigenvalue weighted by Crippen LogP contribution is 2.09. The third kappa shape index (κ3) is 3.30. The van der Waals surface area contributed by atoms with E-state index in [1.807, 2.05) is 6.92 Å². The summed E-state index contributed by atoms with van der Waals surface area (Å²) in [6, 6.07) is 0.445. The molecule has 6 nitrogen and oxygen atoms in total. The van der Waals surface area contributed by atoms with Gasteiger partial charge in [0.05, 0.1) is 6.33 Å². The zero-order chi connectivity index (χ0) is 13.0. The molecule has 1 aromatic heterocycles. The largest absolute Gasteiger partial charge is 0.336 e. The number of aromatic nitrogens is 2. The van der Waals surface area contributed by atoms with Gasteiger partial charge < -0.3 is 9.88 Å². The first-order chi connectivity index (χ1) is 8.62. The molecule has 0 saturated carbocycles. The maximum Gasteiger partial charge on any atom is 0.259 e. The van der Waals surface area contributed by atoms with Crippen molar-refractivity contribution in [2.24, 2.45) is 0 Å². The van der Waals surface area contributed by atoms with Crippen molar-refractivity contribution in [3.8, 4) is 0 Å². The third-order valence-electron chi connectivity index (χ3n) is 3.20. The Balaban J connectivity index is 1.86. The smallest absolute Gasteiger partial charge is 0.259 e. The van der Waals surface area contributed by atoms with Crippen LogP contribution < -0.4 is 10.0 Å². The van der Waals surface area contributed by atoms with Crippen molar-refractivity contribution in [2.45, 2.75) is 43.8 Å². The summed E-state index contributed by atoms with van der Waals surface area (Å²) in [5, 5.41) is 3.44. The van der Waals surface area contributed by atoms with Crippen LogP contribution in [-0.2, 0) is 16.6 Å². The molecule has 2 heterocycles. The normalized spacial score (nSPS) is 20.4. The fourth-order valence-electron chi connectivity index (χ4n) is 2.10. The van der Waals surface area contributed by atoms with E-state index < -0.39 is 10.0 Å². The molecule has 1 atom stereocenters. The highest BCUT2D eigenvalue weighted by atomic mass is 32.2. The molecular weight excluding hydrogens is 252 g/mol. The van der Waals surface area contributed by atoms with Crippen LogP contribution in [0, 0.1) is 0 Å². The van der Waals surface area contributed by atoms with Crippen molar-refractivity contribution in [3.63, 3.8) is 0 Å². The first kappa shape index (κ1) is 13.5. The summed E-state index contributed by atoms with van der Waals surface area (Å²) in [6.45, 7) is 4.16. The fraction of sp³-hybridized carbons (Fsp3) is 0.727. The van der Waals surface area contributed by atoms with Crippen LogP contribution in [0.1, 0.15) is 26.2 Å². The number of sulfonamides is 1. The molecule has 1 saturated heterocycles. The Morgan fingerprint density at radius 3 is 3.06 bits per heavy atom. The van der Waals surface area contributed by atoms with Gasteiger partial charge in [-0.25, -0.2) is 18.1 Å². The molecule has 1 aromatic rings. The Kier molecular flexibility index (Phi) is 4.36. The van der Waals surface area contributed by atoms with Crippen LogP contribution in [0.5, 0.6) is 0 Å². The molecule has 0 aliphatic carbocycles. The van der Waals surface area contributed by atoms with Crippen molar-refractivity contribution < 1.29 is 8.42 Å². The van der Waals surface area contributed by atoms with Gasteiger partial charge in [-0.3, -0.25) is 0 Å². The maximum absolute atomic E-state index is 11.9. The van der Waals surface area contributed by atoms with E-state index in [0.29, 0.717) is 19.1 Å². The zero-order valence-corrected chi connectivity index (χ0v) is 11.4. The van der Waals surface area contributed by atoms with E-state index in [9.17, 15) is 8.42 Å². The molecule has 0 radical (unpaired) electrons. The van der Waals surface area contributed by atoms with Crippen LogP contribution in [-0.4, -0.2) is 37.1 Å². The Morgan fingerprint density at radius 2 is 2.44 bits per heavy atom. The lowest BCUT2D eigenvalue weighted by atomic mass is 10.2. The topological polar surface area (TPSA) is 76.0 Å². The number of imidazole rings is 1. The molecule has 2 rings (SSSR count). The second-order valence-corrected chi connectivity index (χ2v) is 6.24. The third-order valence-corrected chi connectivity index (χ3v) is 4.54. The highest BCUT2D eigenvalue weighted by molar-refractivity contribution is 7.89. The van der Waals surface area contributed by atoms with Gasteiger partial charge >= 0.3 is 0 Å². The average Bonchev–Trinajstić information content (AvgIpc) is 2.99. The molecule has 0 spiro atoms. The van der Waals surface area contributed by atoms with Crippen molar-refractivity contribution >= 4 is 10.0 Å². The number of rotatable bonds is 6. The van der Waals surface area contributed by atoms with Crippen LogP contribution in [0.15, 0.2) is 17.6 Å². The minimum atomic E-state index is -3.45. The van der Waals surface area contributed by atoms with Crippen molar-refractivity contribution in [1.82, 2.24) is 19.6 Å². The molecule has 7 heteroatoms. The minimum absolute atomic E-state index is 0.101. The van der Waals surface area contributed by atoms with Crippen molar-refractivity contribution in [1.29, 1.82) is 0 Å². The van der Waals surface area contributed by atoms with Crippen LogP contribution >= 0.6 is 0 Å². The van der Waals surface area contributed by atoms with Gasteiger partial charge in [-0.05, 0) is 32.7 Å². The van der Waals surface area contributed by atoms with Crippen LogP contribution in [0.4, 0.5) is 0 Å². The highest BCUT2D eigenvalue weighted by Gasteiger charge is 2.18. The monoisotopic (exact) mass is 272 g/mol. The molecule has 1 fully saturated rings. The number of hydrogen-bond acceptors (Lipinski definition) is 4. The van der Waals surface area contributed by atoms with Crippen molar-refractivity contribution in [2.75, 3.05) is 13.1 Å². The summed E-state index contributed by atoms with van der Waals surface area (Å²) in [6.07, 6.45) is 6.22. The van der Waals surface area contributed by atoms with Gasteiger partial charge in [-0.15, -0.1) is 0 Å². The van der Waals surface area contributed by atoms with E-state index >= 15 is 0 Å². The molecular formula is C11H20N4O2S. The summed E-state index contributed by atoms with van der Waals surface area (Å²) in [5.41, 5.74) is 0. The Labute approximate surface area is 108 Å². The summed E-state index contributed by atoms with van der Waals surface area (Å²) in [5.74, 6) is 0. The summed E-state index contributed by atoms with van der Waals surface area (Å²) < 4.78 is 28.2. The average molecular weight is 272 g/mol. The predicted molar refractivity (Wildman–Crippen MR) is 68.7 cm³/mol. The molecule has 18 heavy (non-hydrogen) atoms. The molecule has 0 bridgehead atoms. The van der Waals surface area contributed by atoms with E-state index in [4.69, 9.17) is 0 Å². The Morgan fingerprint density at radius 1 is 1.61 bits per heavy atom. The van der Waals surface area contributed by atoms with Gasteiger partial charge in [-0.2, -0.15) is 0 Å². The van der Waals surface area contributed by atoms with Gasteiger partial charge in [0.25, 0.3) is 10.0 Å². The number of nitrogens with one attached hydrogen (secondary N) is 2. The van der Waals surface area contributed by atoms with E-state index in [1.54, 1.807) is 10.8 Å². The SMILES string of the molecule is CCn1cnc(S(=O)(=O)NCC[C@@H]2CCCN2)c1. The summed E-state index contributed by atoms with van der Waals surface area (Å²) in [7, 11) is -3.45. The van der Waals surface area contributed by atoms with E-state index in [0.717, 1.165) is 19.4 Å². The van der Waals surface area contributed by atoms with E-state index in [1.165, 1.54) is 12.7 Å². The van der Waals surface area contributed by atoms with E-state index in [-0.39, 0.29) is 5.03 Å². The first-order valence-corrected chi connectivity index (χ1v) is 7.85. The number of aryl methyl sites for hydroxylation is 1. The molecule has 2 N–H and O–H groups in total. The number of nitrogens with zero attached hydrogens (tertiary/aromatic N) is 2. The van der Waals surface area contributed by atoms with Gasteiger partial charge in [0.2, 0.25) is 0 Å². The maximum atomic E-state index is 11.9. The summed E-state index contributed by atoms with van der Waals surface area (Å²) >= 11 is 0. The molecule has 0 amide bonds. The predicted octanol–water partition coefficient (Wildman–Crippen LogP) is 0.323. The lowest BCUT2D eigenvalue weighted by Crippen LogP contribution is -2.30. The zero-order valence-electron chi connectivity index (χ0n) is 10.6. The molecule has 0 aromatic carbocycles. The fourth-order valence-corrected chi connectivity index (χ4v) is 3.09. The lowest BCUT2D eigenvalue weighted by molar-refractivity contribution is 0.538. The quantitative estimate of drug-likeness (QED) is 0.782. The standard InChI is InChI=1S/C11H20N4O2S/c1-2-15-8-11(13-9-15)18(16,17)14-7-5-10-4-3-6-12-10/h8-10,12,14H,2-7H2,1H3/t10-/m0/s1. The second-order valence-electron chi connectivity index (χ2n) is 4.52. The van der Waals surface area contributed by atoms with E-state index in [2.05, 4.69) is 15.0 Å². The number of hydrogen-bond donors (Lipinski definition) is 2. The van der Waals surface area contributed by atoms with Gasteiger partial charge in [-0.1, -0.05) is 0 Å². The van der Waals surface area contributed by atoms with Crippen LogP contribution in [0.2, 0.25) is 0 Å². The first-order valence-electron chi connectivity index (χ1n) is 6.36. The Hall–Kier alpha value is -0.920. The molecule has 0 unspecified atom stereocenters. The van der Waals surface area contributed by atoms with Crippen LogP contribution in [0.25, 0.3) is 0 Å². The molecule has 1 aliphatic heterocycles. The lowest BCUT2D eigenvalue weighted by Gasteiger charge is -2.10. The minimum Gasteiger partial charge on any atom is -0.336 e. The van der Waals surface area contributed by atoms with Crippen LogP contribution in [0.3, 0.4) is 0 Å². The van der Waals surface area contributed by atoms with Gasteiger partial charge in [0.15, 0.2) is 5.03 Å². The molecule has 102 valence electrons. The van der Waals surface area contributed by atoms with Gasteiger partial charge in [0, 0.05) is 25.3 Å². The van der Waals surface area contributed by atoms with Gasteiger partial charge in [0.1, 0.15) is 0 Å².